The van der Waals surface area contributed by atoms with Crippen molar-refractivity contribution in [3.05, 3.63) is 63.1 Å². The first kappa shape index (κ1) is 16.0. The summed E-state index contributed by atoms with van der Waals surface area (Å²) in [6.07, 6.45) is -0.985. The summed E-state index contributed by atoms with van der Waals surface area (Å²) in [6, 6.07) is 11.6. The van der Waals surface area contributed by atoms with Gasteiger partial charge in [-0.3, -0.25) is 0 Å². The first-order valence-corrected chi connectivity index (χ1v) is 7.18. The molecule has 2 aromatic rings. The molecule has 0 fully saturated rings. The van der Waals surface area contributed by atoms with Gasteiger partial charge in [-0.05, 0) is 29.8 Å². The van der Waals surface area contributed by atoms with Crippen LogP contribution in [-0.2, 0) is 11.2 Å². The number of carboxylic acids is 1. The third-order valence-electron chi connectivity index (χ3n) is 2.79. The Morgan fingerprint density at radius 2 is 1.86 bits per heavy atom. The van der Waals surface area contributed by atoms with Crippen molar-refractivity contribution in [2.45, 2.75) is 12.5 Å². The second-order valence-corrected chi connectivity index (χ2v) is 5.54. The van der Waals surface area contributed by atoms with Crippen molar-refractivity contribution in [2.75, 3.05) is 0 Å². The molecule has 2 aromatic carbocycles. The summed E-state index contributed by atoms with van der Waals surface area (Å²) in [4.78, 5) is 11.4. The number of hydrogen-bond donors (Lipinski definition) is 1. The highest BCUT2D eigenvalue weighted by Crippen LogP contribution is 2.27. The van der Waals surface area contributed by atoms with Crippen LogP contribution in [0.2, 0.25) is 15.1 Å². The van der Waals surface area contributed by atoms with E-state index in [1.807, 2.05) is 0 Å². The van der Waals surface area contributed by atoms with E-state index >= 15 is 0 Å². The zero-order chi connectivity index (χ0) is 15.4. The summed E-state index contributed by atoms with van der Waals surface area (Å²) < 4.78 is 5.47. The van der Waals surface area contributed by atoms with Gasteiger partial charge >= 0.3 is 5.97 Å². The van der Waals surface area contributed by atoms with Crippen LogP contribution in [-0.4, -0.2) is 17.2 Å². The Hall–Kier alpha value is -1.42. The van der Waals surface area contributed by atoms with Crippen molar-refractivity contribution in [3.63, 3.8) is 0 Å². The van der Waals surface area contributed by atoms with Crippen LogP contribution in [0.15, 0.2) is 42.5 Å². The van der Waals surface area contributed by atoms with E-state index in [0.29, 0.717) is 26.4 Å². The number of aliphatic carboxylic acids is 1. The fourth-order valence-corrected chi connectivity index (χ4v) is 2.37. The Morgan fingerprint density at radius 1 is 1.14 bits per heavy atom. The molecule has 0 spiro atoms. The van der Waals surface area contributed by atoms with Gasteiger partial charge in [0.25, 0.3) is 0 Å². The van der Waals surface area contributed by atoms with E-state index in [9.17, 15) is 9.90 Å². The van der Waals surface area contributed by atoms with Crippen molar-refractivity contribution < 1.29 is 14.6 Å². The van der Waals surface area contributed by atoms with Gasteiger partial charge in [0.05, 0.1) is 10.0 Å². The van der Waals surface area contributed by atoms with E-state index in [4.69, 9.17) is 39.5 Å². The maximum Gasteiger partial charge on any atom is 0.345 e. The maximum atomic E-state index is 11.4. The number of hydrogen-bond acceptors (Lipinski definition) is 2. The van der Waals surface area contributed by atoms with Crippen molar-refractivity contribution in [3.8, 4) is 5.75 Å². The first-order valence-electron chi connectivity index (χ1n) is 6.05. The second kappa shape index (κ2) is 7.03. The van der Waals surface area contributed by atoms with E-state index in [1.165, 1.54) is 0 Å². The lowest BCUT2D eigenvalue weighted by atomic mass is 10.1. The summed E-state index contributed by atoms with van der Waals surface area (Å²) in [6.45, 7) is 0. The SMILES string of the molecule is O=C(O)[C@H](Cc1cccc(Cl)c1Cl)Oc1cccc(Cl)c1. The van der Waals surface area contributed by atoms with Crippen LogP contribution in [0, 0.1) is 0 Å². The van der Waals surface area contributed by atoms with Gasteiger partial charge in [0.1, 0.15) is 5.75 Å². The van der Waals surface area contributed by atoms with E-state index in [2.05, 4.69) is 0 Å². The molecule has 3 nitrogen and oxygen atoms in total. The van der Waals surface area contributed by atoms with E-state index in [0.717, 1.165) is 0 Å². The molecule has 2 rings (SSSR count). The van der Waals surface area contributed by atoms with Crippen LogP contribution in [0.1, 0.15) is 5.56 Å². The summed E-state index contributed by atoms with van der Waals surface area (Å²) in [7, 11) is 0. The number of ether oxygens (including phenoxy) is 1. The molecule has 0 bridgehead atoms. The van der Waals surface area contributed by atoms with Crippen LogP contribution < -0.4 is 4.74 Å². The fourth-order valence-electron chi connectivity index (χ4n) is 1.79. The molecule has 1 N–H and O–H groups in total. The van der Waals surface area contributed by atoms with E-state index in [1.54, 1.807) is 42.5 Å². The highest BCUT2D eigenvalue weighted by atomic mass is 35.5. The molecule has 0 aliphatic heterocycles. The zero-order valence-corrected chi connectivity index (χ0v) is 13.0. The average Bonchev–Trinajstić information content (AvgIpc) is 2.43. The molecule has 0 saturated heterocycles. The third kappa shape index (κ3) is 4.27. The summed E-state index contributed by atoms with van der Waals surface area (Å²) in [5.41, 5.74) is 0.610. The molecule has 0 amide bonds. The summed E-state index contributed by atoms with van der Waals surface area (Å²) in [5, 5.41) is 10.5. The molecule has 0 saturated carbocycles. The molecule has 0 aromatic heterocycles. The van der Waals surface area contributed by atoms with E-state index in [-0.39, 0.29) is 6.42 Å². The Bertz CT molecular complexity index is 658. The van der Waals surface area contributed by atoms with Crippen LogP contribution in [0.3, 0.4) is 0 Å². The topological polar surface area (TPSA) is 46.5 Å². The zero-order valence-electron chi connectivity index (χ0n) is 10.7. The number of benzene rings is 2. The number of carbonyl (C=O) groups is 1. The van der Waals surface area contributed by atoms with E-state index < -0.39 is 12.1 Å². The smallest absolute Gasteiger partial charge is 0.345 e. The van der Waals surface area contributed by atoms with Crippen LogP contribution in [0.25, 0.3) is 0 Å². The summed E-state index contributed by atoms with van der Waals surface area (Å²) in [5.74, 6) is -0.709. The Balaban J connectivity index is 2.20. The Labute approximate surface area is 137 Å². The lowest BCUT2D eigenvalue weighted by Gasteiger charge is -2.16. The highest BCUT2D eigenvalue weighted by molar-refractivity contribution is 6.42. The van der Waals surface area contributed by atoms with Gasteiger partial charge in [-0.2, -0.15) is 0 Å². The molecule has 0 heterocycles. The minimum atomic E-state index is -1.09. The summed E-state index contributed by atoms with van der Waals surface area (Å²) >= 11 is 17.8. The standard InChI is InChI=1S/C15H11Cl3O3/c16-10-4-2-5-11(8-10)21-13(15(19)20)7-9-3-1-6-12(17)14(9)18/h1-6,8,13H,7H2,(H,19,20)/t13-/m0/s1. The monoisotopic (exact) mass is 344 g/mol. The molecule has 0 unspecified atom stereocenters. The van der Waals surface area contributed by atoms with Gasteiger partial charge in [0, 0.05) is 11.4 Å². The predicted molar refractivity (Wildman–Crippen MR) is 83.7 cm³/mol. The first-order chi connectivity index (χ1) is 9.97. The fraction of sp³-hybridized carbons (Fsp3) is 0.133. The minimum absolute atomic E-state index is 0.0985. The Kier molecular flexibility index (Phi) is 5.34. The predicted octanol–water partition coefficient (Wildman–Crippen LogP) is 4.72. The maximum absolute atomic E-state index is 11.4. The average molecular weight is 346 g/mol. The van der Waals surface area contributed by atoms with Crippen molar-refractivity contribution in [2.24, 2.45) is 0 Å². The molecule has 0 aliphatic carbocycles. The quantitative estimate of drug-likeness (QED) is 0.852. The van der Waals surface area contributed by atoms with Gasteiger partial charge in [0.2, 0.25) is 0 Å². The second-order valence-electron chi connectivity index (χ2n) is 4.32. The Morgan fingerprint density at radius 3 is 2.52 bits per heavy atom. The number of rotatable bonds is 5. The van der Waals surface area contributed by atoms with Gasteiger partial charge in [-0.25, -0.2) is 4.79 Å². The highest BCUT2D eigenvalue weighted by Gasteiger charge is 2.22. The lowest BCUT2D eigenvalue weighted by molar-refractivity contribution is -0.145. The normalized spacial score (nSPS) is 12.0. The van der Waals surface area contributed by atoms with Gasteiger partial charge in [-0.15, -0.1) is 0 Å². The number of carboxylic acid groups (broad SMARTS) is 1. The van der Waals surface area contributed by atoms with Crippen LogP contribution >= 0.6 is 34.8 Å². The minimum Gasteiger partial charge on any atom is -0.478 e. The van der Waals surface area contributed by atoms with Gasteiger partial charge < -0.3 is 9.84 Å². The van der Waals surface area contributed by atoms with Crippen molar-refractivity contribution in [1.82, 2.24) is 0 Å². The van der Waals surface area contributed by atoms with Gasteiger partial charge in [-0.1, -0.05) is 53.0 Å². The molecular formula is C15H11Cl3O3. The van der Waals surface area contributed by atoms with Crippen molar-refractivity contribution in [1.29, 1.82) is 0 Å². The molecule has 110 valence electrons. The van der Waals surface area contributed by atoms with Gasteiger partial charge in [0.15, 0.2) is 6.10 Å². The largest absolute Gasteiger partial charge is 0.478 e. The molecule has 1 atom stereocenters. The molecule has 0 radical (unpaired) electrons. The molecule has 0 aliphatic rings. The number of halogens is 3. The third-order valence-corrected chi connectivity index (χ3v) is 3.88. The molecular weight excluding hydrogens is 335 g/mol. The molecule has 6 heteroatoms. The van der Waals surface area contributed by atoms with Crippen LogP contribution in [0.5, 0.6) is 5.75 Å². The van der Waals surface area contributed by atoms with Crippen molar-refractivity contribution >= 4 is 40.8 Å². The van der Waals surface area contributed by atoms with Crippen LogP contribution in [0.4, 0.5) is 0 Å². The molecule has 21 heavy (non-hydrogen) atoms. The lowest BCUT2D eigenvalue weighted by Crippen LogP contribution is -2.29.